The Hall–Kier alpha value is -2.01. The predicted molar refractivity (Wildman–Crippen MR) is 96.4 cm³/mol. The summed E-state index contributed by atoms with van der Waals surface area (Å²) in [6.07, 6.45) is 0. The summed E-state index contributed by atoms with van der Waals surface area (Å²) in [4.78, 5) is 0. The molecule has 0 amide bonds. The zero-order chi connectivity index (χ0) is 15.6. The Morgan fingerprint density at radius 1 is 0.545 bits per heavy atom. The van der Waals surface area contributed by atoms with Crippen molar-refractivity contribution in [2.45, 2.75) is 11.6 Å². The predicted octanol–water partition coefficient (Wildman–Crippen LogP) is 5.67. The maximum Gasteiger partial charge on any atom is 0.539 e. The van der Waals surface area contributed by atoms with E-state index in [-0.39, 0.29) is 0 Å². The number of rotatable bonds is 3. The van der Waals surface area contributed by atoms with E-state index in [1.807, 2.05) is 42.5 Å². The second-order valence-corrected chi connectivity index (χ2v) is 7.54. The lowest BCUT2D eigenvalue weighted by Gasteiger charge is -2.06. The summed E-state index contributed by atoms with van der Waals surface area (Å²) in [6, 6.07) is 30.7. The Kier molecular flexibility index (Phi) is 6.77. The van der Waals surface area contributed by atoms with Gasteiger partial charge in [-0.25, -0.2) is 0 Å². The Balaban J connectivity index is 0.000000164. The third kappa shape index (κ3) is 5.78. The normalized spacial score (nSPS) is 9.36. The monoisotopic (exact) mass is 304 g/mol. The first kappa shape index (κ1) is 16.4. The first-order chi connectivity index (χ1) is 10.8. The fourth-order valence-corrected chi connectivity index (χ4v) is 2.73. The molecule has 0 fully saturated rings. The molecule has 0 N–H and O–H groups in total. The smallest absolute Gasteiger partial charge is 0.539 e. The summed E-state index contributed by atoms with van der Waals surface area (Å²) in [6.45, 7) is 0. The van der Waals surface area contributed by atoms with E-state index in [0.717, 1.165) is 5.75 Å². The molecule has 0 unspecified atom stereocenters. The van der Waals surface area contributed by atoms with Crippen LogP contribution in [0.2, 0.25) is 11.6 Å². The Morgan fingerprint density at radius 2 is 0.909 bits per heavy atom. The lowest BCUT2D eigenvalue weighted by Crippen LogP contribution is -2.10. The average Bonchev–Trinajstić information content (AvgIpc) is 2.57. The molecule has 0 atom stereocenters. The molecule has 0 aliphatic heterocycles. The SMILES string of the molecule is [CH3][Al]([CH3])[O]c1ccccc1.c1ccc(-c2ccccc2)cc1. The Labute approximate surface area is 137 Å². The lowest BCUT2D eigenvalue weighted by atomic mass is 10.1. The number of hydrogen-bond acceptors (Lipinski definition) is 1. The molecule has 0 saturated heterocycles. The van der Waals surface area contributed by atoms with E-state index in [0.29, 0.717) is 0 Å². The molecule has 110 valence electrons. The zero-order valence-electron chi connectivity index (χ0n) is 13.1. The Bertz CT molecular complexity index is 599. The molecule has 2 heteroatoms. The largest absolute Gasteiger partial charge is 0.643 e. The van der Waals surface area contributed by atoms with Crippen LogP contribution in [0, 0.1) is 0 Å². The van der Waals surface area contributed by atoms with Gasteiger partial charge in [-0.05, 0) is 23.3 Å². The molecule has 0 saturated carbocycles. The molecule has 0 spiro atoms. The van der Waals surface area contributed by atoms with Crippen LogP contribution in [0.4, 0.5) is 0 Å². The molecular weight excluding hydrogens is 283 g/mol. The minimum atomic E-state index is -0.897. The minimum absolute atomic E-state index is 0.897. The van der Waals surface area contributed by atoms with E-state index in [1.165, 1.54) is 11.1 Å². The van der Waals surface area contributed by atoms with Crippen LogP contribution in [0.15, 0.2) is 91.0 Å². The summed E-state index contributed by atoms with van der Waals surface area (Å²) in [5.41, 5.74) is 2.55. The van der Waals surface area contributed by atoms with Crippen molar-refractivity contribution in [3.63, 3.8) is 0 Å². The van der Waals surface area contributed by atoms with Crippen molar-refractivity contribution in [3.05, 3.63) is 91.0 Å². The van der Waals surface area contributed by atoms with Crippen LogP contribution in [0.3, 0.4) is 0 Å². The highest BCUT2D eigenvalue weighted by Gasteiger charge is 2.05. The fraction of sp³-hybridized carbons (Fsp3) is 0.100. The first-order valence-corrected chi connectivity index (χ1v) is 10.4. The van der Waals surface area contributed by atoms with E-state index in [9.17, 15) is 0 Å². The van der Waals surface area contributed by atoms with Gasteiger partial charge >= 0.3 is 14.5 Å². The molecule has 0 bridgehead atoms. The van der Waals surface area contributed by atoms with Gasteiger partial charge in [-0.15, -0.1) is 0 Å². The highest BCUT2D eigenvalue weighted by Crippen LogP contribution is 2.17. The van der Waals surface area contributed by atoms with Crippen molar-refractivity contribution < 1.29 is 3.79 Å². The molecule has 0 heterocycles. The maximum absolute atomic E-state index is 5.55. The maximum atomic E-state index is 5.55. The van der Waals surface area contributed by atoms with Crippen LogP contribution in [0.1, 0.15) is 0 Å². The van der Waals surface area contributed by atoms with Crippen LogP contribution in [-0.2, 0) is 0 Å². The third-order valence-corrected chi connectivity index (χ3v) is 3.74. The molecule has 22 heavy (non-hydrogen) atoms. The second kappa shape index (κ2) is 9.10. The minimum Gasteiger partial charge on any atom is -0.643 e. The molecule has 1 nitrogen and oxygen atoms in total. The molecular formula is C20H21AlO. The van der Waals surface area contributed by atoms with Gasteiger partial charge in [-0.2, -0.15) is 0 Å². The molecule has 3 rings (SSSR count). The summed E-state index contributed by atoms with van der Waals surface area (Å²) < 4.78 is 5.55. The molecule has 0 aliphatic rings. The highest BCUT2D eigenvalue weighted by molar-refractivity contribution is 6.49. The van der Waals surface area contributed by atoms with Crippen molar-refractivity contribution in [2.24, 2.45) is 0 Å². The summed E-state index contributed by atoms with van der Waals surface area (Å²) in [5, 5.41) is 0. The van der Waals surface area contributed by atoms with E-state index in [4.69, 9.17) is 3.79 Å². The van der Waals surface area contributed by atoms with Crippen molar-refractivity contribution in [2.75, 3.05) is 0 Å². The van der Waals surface area contributed by atoms with Gasteiger partial charge in [0.2, 0.25) is 0 Å². The van der Waals surface area contributed by atoms with Crippen molar-refractivity contribution >= 4 is 14.5 Å². The summed E-state index contributed by atoms with van der Waals surface area (Å²) in [7, 11) is 0. The number of benzene rings is 3. The molecule has 0 aromatic heterocycles. The number of hydrogen-bond donors (Lipinski definition) is 0. The van der Waals surface area contributed by atoms with Crippen LogP contribution in [0.25, 0.3) is 11.1 Å². The zero-order valence-corrected chi connectivity index (χ0v) is 14.3. The van der Waals surface area contributed by atoms with Gasteiger partial charge in [0.15, 0.2) is 0 Å². The van der Waals surface area contributed by atoms with Gasteiger partial charge in [-0.1, -0.05) is 90.4 Å². The topological polar surface area (TPSA) is 9.23 Å². The summed E-state index contributed by atoms with van der Waals surface area (Å²) >= 11 is -0.897. The van der Waals surface area contributed by atoms with Crippen molar-refractivity contribution in [1.82, 2.24) is 0 Å². The molecule has 3 aromatic rings. The van der Waals surface area contributed by atoms with Crippen LogP contribution in [-0.4, -0.2) is 14.5 Å². The second-order valence-electron chi connectivity index (χ2n) is 5.21. The average molecular weight is 304 g/mol. The highest BCUT2D eigenvalue weighted by atomic mass is 27.2. The van der Waals surface area contributed by atoms with Crippen LogP contribution in [0.5, 0.6) is 5.75 Å². The first-order valence-electron chi connectivity index (χ1n) is 7.58. The van der Waals surface area contributed by atoms with Gasteiger partial charge < -0.3 is 3.79 Å². The van der Waals surface area contributed by atoms with Crippen LogP contribution >= 0.6 is 0 Å². The lowest BCUT2D eigenvalue weighted by molar-refractivity contribution is 0.581. The number of para-hydroxylation sites is 1. The van der Waals surface area contributed by atoms with E-state index >= 15 is 0 Å². The van der Waals surface area contributed by atoms with E-state index in [2.05, 4.69) is 60.1 Å². The fourth-order valence-electron chi connectivity index (χ4n) is 2.03. The van der Waals surface area contributed by atoms with E-state index in [1.54, 1.807) is 0 Å². The van der Waals surface area contributed by atoms with Gasteiger partial charge in [0.05, 0.1) is 5.75 Å². The molecule has 0 radical (unpaired) electrons. The van der Waals surface area contributed by atoms with E-state index < -0.39 is 14.5 Å². The van der Waals surface area contributed by atoms with Gasteiger partial charge in [0.1, 0.15) is 0 Å². The van der Waals surface area contributed by atoms with Gasteiger partial charge in [0, 0.05) is 0 Å². The molecule has 0 aliphatic carbocycles. The molecule has 3 aromatic carbocycles. The quantitative estimate of drug-likeness (QED) is 0.566. The third-order valence-electron chi connectivity index (χ3n) is 3.00. The summed E-state index contributed by atoms with van der Waals surface area (Å²) in [5.74, 6) is 5.32. The van der Waals surface area contributed by atoms with Crippen molar-refractivity contribution in [1.29, 1.82) is 0 Å². The van der Waals surface area contributed by atoms with Crippen molar-refractivity contribution in [3.8, 4) is 16.9 Å². The van der Waals surface area contributed by atoms with Gasteiger partial charge in [-0.3, -0.25) is 0 Å². The van der Waals surface area contributed by atoms with Gasteiger partial charge in [0.25, 0.3) is 0 Å². The Morgan fingerprint density at radius 3 is 1.27 bits per heavy atom. The van der Waals surface area contributed by atoms with Crippen LogP contribution < -0.4 is 3.79 Å². The standard InChI is InChI=1S/C12H10.C6H6O.2CH3.Al/c1-3-7-11(8-4-1)12-9-5-2-6-10-12;7-6-4-2-1-3-5-6;;;/h1-10H;1-5,7H;2*1H3;/q;;;;+1/p-1.